The van der Waals surface area contributed by atoms with Crippen molar-refractivity contribution in [2.45, 2.75) is 18.9 Å². The average Bonchev–Trinajstić information content (AvgIpc) is 2.79. The highest BCUT2D eigenvalue weighted by atomic mass is 35.5. The number of ether oxygens (including phenoxy) is 1. The molecular formula is C24H28Cl2N4O4S. The number of fused-ring (bicyclic) bond motifs is 1. The van der Waals surface area contributed by atoms with E-state index in [1.165, 1.54) is 0 Å². The fourth-order valence-corrected chi connectivity index (χ4v) is 4.80. The number of nitrogens with one attached hydrogen (secondary N) is 2. The second-order valence-electron chi connectivity index (χ2n) is 8.08. The molecule has 1 fully saturated rings. The maximum Gasteiger partial charge on any atom is 0.272 e. The third kappa shape index (κ3) is 6.64. The van der Waals surface area contributed by atoms with Crippen molar-refractivity contribution in [3.8, 4) is 5.75 Å². The molecule has 4 N–H and O–H groups in total. The number of nitrogens with two attached hydrogens (primary N) is 1. The zero-order valence-corrected chi connectivity index (χ0v) is 21.5. The number of nitrogen functional groups attached to an aromatic ring is 1. The van der Waals surface area contributed by atoms with Crippen molar-refractivity contribution in [1.29, 1.82) is 5.41 Å². The van der Waals surface area contributed by atoms with E-state index in [4.69, 9.17) is 15.9 Å². The first-order valence-electron chi connectivity index (χ1n) is 10.6. The number of sulfonamides is 1. The first-order chi connectivity index (χ1) is 15.7. The van der Waals surface area contributed by atoms with E-state index < -0.39 is 15.9 Å². The van der Waals surface area contributed by atoms with E-state index in [9.17, 15) is 13.2 Å². The molecule has 8 nitrogen and oxygen atoms in total. The predicted octanol–water partition coefficient (Wildman–Crippen LogP) is 3.70. The zero-order chi connectivity index (χ0) is 23.6. The maximum absolute atomic E-state index is 13.3. The van der Waals surface area contributed by atoms with Crippen LogP contribution in [0.25, 0.3) is 10.8 Å². The molecule has 0 radical (unpaired) electrons. The number of carbonyl (C=O) groups is 1. The lowest BCUT2D eigenvalue weighted by Gasteiger charge is -2.24. The van der Waals surface area contributed by atoms with E-state index in [1.807, 2.05) is 0 Å². The predicted molar refractivity (Wildman–Crippen MR) is 144 cm³/mol. The lowest BCUT2D eigenvalue weighted by atomic mass is 10.0. The quantitative estimate of drug-likeness (QED) is 0.324. The maximum atomic E-state index is 13.3. The first-order valence-corrected chi connectivity index (χ1v) is 12.5. The van der Waals surface area contributed by atoms with Crippen LogP contribution in [0.2, 0.25) is 0 Å². The Kier molecular flexibility index (Phi) is 9.51. The number of amidine groups is 1. The molecular weight excluding hydrogens is 511 g/mol. The molecule has 1 aliphatic rings. The molecule has 1 heterocycles. The summed E-state index contributed by atoms with van der Waals surface area (Å²) >= 11 is 0. The van der Waals surface area contributed by atoms with E-state index in [-0.39, 0.29) is 48.0 Å². The normalized spacial score (nSPS) is 13.9. The van der Waals surface area contributed by atoms with Crippen LogP contribution >= 0.6 is 24.8 Å². The van der Waals surface area contributed by atoms with E-state index in [2.05, 4.69) is 5.32 Å². The number of benzene rings is 3. The van der Waals surface area contributed by atoms with E-state index in [0.717, 1.165) is 41.9 Å². The third-order valence-corrected chi connectivity index (χ3v) is 6.61. The van der Waals surface area contributed by atoms with Gasteiger partial charge in [0.15, 0.2) is 0 Å². The number of hydrogen-bond donors (Lipinski definition) is 3. The Morgan fingerprint density at radius 3 is 2.11 bits per heavy atom. The molecule has 3 aromatic rings. The van der Waals surface area contributed by atoms with Gasteiger partial charge in [-0.3, -0.25) is 10.2 Å². The Morgan fingerprint density at radius 2 is 1.54 bits per heavy atom. The molecule has 4 rings (SSSR count). The van der Waals surface area contributed by atoms with Gasteiger partial charge in [-0.15, -0.1) is 24.8 Å². The van der Waals surface area contributed by atoms with Gasteiger partial charge >= 0.3 is 0 Å². The monoisotopic (exact) mass is 538 g/mol. The van der Waals surface area contributed by atoms with Crippen molar-refractivity contribution >= 4 is 63.0 Å². The second-order valence-corrected chi connectivity index (χ2v) is 9.92. The number of halogens is 2. The van der Waals surface area contributed by atoms with Crippen LogP contribution in [0.4, 0.5) is 5.69 Å². The number of nitrogens with zero attached hydrogens (tertiary/aromatic N) is 1. The van der Waals surface area contributed by atoms with Crippen molar-refractivity contribution in [3.05, 3.63) is 71.8 Å². The molecule has 11 heteroatoms. The van der Waals surface area contributed by atoms with Crippen LogP contribution in [0.5, 0.6) is 5.75 Å². The van der Waals surface area contributed by atoms with E-state index in [1.54, 1.807) is 60.7 Å². The lowest BCUT2D eigenvalue weighted by molar-refractivity contribution is 0.101. The number of anilines is 1. The highest BCUT2D eigenvalue weighted by molar-refractivity contribution is 7.92. The highest BCUT2D eigenvalue weighted by Crippen LogP contribution is 2.26. The minimum atomic E-state index is -3.90. The van der Waals surface area contributed by atoms with Crippen LogP contribution in [-0.2, 0) is 10.0 Å². The van der Waals surface area contributed by atoms with Crippen molar-refractivity contribution < 1.29 is 17.9 Å². The Labute approximate surface area is 217 Å². The fraction of sp³-hybridized carbons (Fsp3) is 0.250. The Bertz CT molecular complexity index is 1310. The zero-order valence-electron chi connectivity index (χ0n) is 19.1. The van der Waals surface area contributed by atoms with Gasteiger partial charge in [-0.05, 0) is 79.2 Å². The summed E-state index contributed by atoms with van der Waals surface area (Å²) in [5.74, 6) is -0.119. The van der Waals surface area contributed by atoms with Crippen LogP contribution in [0.3, 0.4) is 0 Å². The number of hydrogen-bond acceptors (Lipinski definition) is 6. The van der Waals surface area contributed by atoms with Crippen molar-refractivity contribution in [2.24, 2.45) is 5.73 Å². The molecule has 35 heavy (non-hydrogen) atoms. The molecule has 0 bridgehead atoms. The van der Waals surface area contributed by atoms with Crippen molar-refractivity contribution in [1.82, 2.24) is 5.32 Å². The summed E-state index contributed by atoms with van der Waals surface area (Å²) < 4.78 is 31.9. The van der Waals surface area contributed by atoms with Gasteiger partial charge in [0, 0.05) is 11.1 Å². The fourth-order valence-electron chi connectivity index (χ4n) is 3.89. The molecule has 0 atom stereocenters. The lowest BCUT2D eigenvalue weighted by Crippen LogP contribution is -2.36. The van der Waals surface area contributed by atoms with E-state index >= 15 is 0 Å². The molecule has 1 saturated heterocycles. The number of rotatable bonds is 6. The Morgan fingerprint density at radius 1 is 0.971 bits per heavy atom. The minimum absolute atomic E-state index is 0. The van der Waals surface area contributed by atoms with Gasteiger partial charge in [0.25, 0.3) is 5.91 Å². The minimum Gasteiger partial charge on any atom is -0.490 e. The van der Waals surface area contributed by atoms with Crippen LogP contribution in [0.1, 0.15) is 28.8 Å². The largest absolute Gasteiger partial charge is 0.490 e. The van der Waals surface area contributed by atoms with Crippen LogP contribution in [0, 0.1) is 5.41 Å². The molecule has 1 aliphatic heterocycles. The van der Waals surface area contributed by atoms with Crippen LogP contribution in [0.15, 0.2) is 60.7 Å². The van der Waals surface area contributed by atoms with Gasteiger partial charge in [0.2, 0.25) is 10.0 Å². The van der Waals surface area contributed by atoms with Crippen LogP contribution < -0.4 is 20.1 Å². The molecule has 1 amide bonds. The summed E-state index contributed by atoms with van der Waals surface area (Å²) in [5.41, 5.74) is 6.54. The number of amides is 1. The Hall–Kier alpha value is -2.85. The summed E-state index contributed by atoms with van der Waals surface area (Å²) in [5, 5.41) is 12.4. The van der Waals surface area contributed by atoms with E-state index in [0.29, 0.717) is 16.7 Å². The van der Waals surface area contributed by atoms with Gasteiger partial charge in [0.05, 0.1) is 11.9 Å². The average molecular weight is 539 g/mol. The van der Waals surface area contributed by atoms with Gasteiger partial charge in [-0.1, -0.05) is 18.2 Å². The van der Waals surface area contributed by atoms with Gasteiger partial charge in [-0.25, -0.2) is 12.7 Å². The molecule has 0 saturated carbocycles. The summed E-state index contributed by atoms with van der Waals surface area (Å²) in [6.45, 7) is 1.80. The third-order valence-electron chi connectivity index (χ3n) is 5.57. The number of piperidine rings is 1. The standard InChI is InChI=1S/C24H26N4O4S.2ClH/c1-33(30,31)28(20-6-8-21(9-7-20)32-22-10-12-27-13-11-22)24(29)18-5-3-16-2-4-17(23(25)26)14-19(16)15-18;;/h2-9,14-15,22,27H,10-13H2,1H3,(H3,25,26);2*1H. The van der Waals surface area contributed by atoms with Crippen molar-refractivity contribution in [2.75, 3.05) is 23.7 Å². The first kappa shape index (κ1) is 28.4. The molecule has 0 unspecified atom stereocenters. The SMILES string of the molecule is CS(=O)(=O)N(C(=O)c1ccc2ccc(C(=N)N)cc2c1)c1ccc(OC2CCNCC2)cc1.Cl.Cl. The van der Waals surface area contributed by atoms with Gasteiger partial charge in [0.1, 0.15) is 17.7 Å². The van der Waals surface area contributed by atoms with Gasteiger partial charge < -0.3 is 15.8 Å². The van der Waals surface area contributed by atoms with Gasteiger partial charge in [-0.2, -0.15) is 0 Å². The molecule has 3 aromatic carbocycles. The molecule has 0 aliphatic carbocycles. The summed E-state index contributed by atoms with van der Waals surface area (Å²) in [7, 11) is -3.90. The second kappa shape index (κ2) is 11.7. The number of carbonyl (C=O) groups excluding carboxylic acids is 1. The van der Waals surface area contributed by atoms with Crippen molar-refractivity contribution in [3.63, 3.8) is 0 Å². The van der Waals surface area contributed by atoms with Crippen LogP contribution in [-0.4, -0.2) is 45.6 Å². The summed E-state index contributed by atoms with van der Waals surface area (Å²) in [6.07, 6.45) is 2.92. The molecule has 188 valence electrons. The summed E-state index contributed by atoms with van der Waals surface area (Å²) in [4.78, 5) is 13.3. The molecule has 0 spiro atoms. The molecule has 0 aromatic heterocycles. The highest BCUT2D eigenvalue weighted by Gasteiger charge is 2.27. The Balaban J connectivity index is 0.00000216. The summed E-state index contributed by atoms with van der Waals surface area (Å²) in [6, 6.07) is 16.7. The topological polar surface area (TPSA) is 126 Å². The smallest absolute Gasteiger partial charge is 0.272 e.